The van der Waals surface area contributed by atoms with Crippen molar-refractivity contribution in [1.82, 2.24) is 0 Å². The second-order valence-electron chi connectivity index (χ2n) is 4.05. The van der Waals surface area contributed by atoms with Crippen LogP contribution in [0.1, 0.15) is 51.2 Å². The van der Waals surface area contributed by atoms with Crippen LogP contribution in [0.2, 0.25) is 0 Å². The molecule has 1 aromatic rings. The molecule has 0 aromatic heterocycles. The van der Waals surface area contributed by atoms with Crippen molar-refractivity contribution in [2.24, 2.45) is 0 Å². The van der Waals surface area contributed by atoms with Crippen molar-refractivity contribution in [3.05, 3.63) is 41.2 Å². The van der Waals surface area contributed by atoms with Crippen LogP contribution in [0.5, 0.6) is 0 Å². The lowest BCUT2D eigenvalue weighted by molar-refractivity contribution is 0.611. The maximum atomic E-state index is 13.7. The second kappa shape index (κ2) is 6.47. The monoisotopic (exact) mass is 220 g/mol. The molecule has 0 saturated heterocycles. The fourth-order valence-corrected chi connectivity index (χ4v) is 1.91. The fourth-order valence-electron chi connectivity index (χ4n) is 1.91. The Morgan fingerprint density at radius 2 is 2.00 bits per heavy atom. The van der Waals surface area contributed by atoms with Gasteiger partial charge in [0.1, 0.15) is 5.82 Å². The van der Waals surface area contributed by atoms with E-state index in [-0.39, 0.29) is 5.82 Å². The number of allylic oxidation sites excluding steroid dienone is 2. The number of hydrogen-bond donors (Lipinski definition) is 0. The van der Waals surface area contributed by atoms with E-state index < -0.39 is 0 Å². The Kier molecular flexibility index (Phi) is 5.24. The minimum absolute atomic E-state index is 0.0712. The van der Waals surface area contributed by atoms with Crippen molar-refractivity contribution in [3.63, 3.8) is 0 Å². The largest absolute Gasteiger partial charge is 0.207 e. The Balaban J connectivity index is 3.02. The summed E-state index contributed by atoms with van der Waals surface area (Å²) >= 11 is 0. The lowest BCUT2D eigenvalue weighted by Crippen LogP contribution is -1.91. The first-order chi connectivity index (χ1) is 7.72. The van der Waals surface area contributed by atoms with Crippen molar-refractivity contribution in [3.8, 4) is 0 Å². The molecule has 16 heavy (non-hydrogen) atoms. The first-order valence-electron chi connectivity index (χ1n) is 6.20. The Morgan fingerprint density at radius 1 is 1.25 bits per heavy atom. The molecule has 0 aliphatic carbocycles. The van der Waals surface area contributed by atoms with E-state index in [1.165, 1.54) is 5.57 Å². The van der Waals surface area contributed by atoms with Gasteiger partial charge in [-0.15, -0.1) is 0 Å². The van der Waals surface area contributed by atoms with Crippen LogP contribution in [0.15, 0.2) is 24.3 Å². The van der Waals surface area contributed by atoms with Crippen LogP contribution in [0, 0.1) is 5.82 Å². The van der Waals surface area contributed by atoms with E-state index in [9.17, 15) is 4.39 Å². The van der Waals surface area contributed by atoms with Gasteiger partial charge in [0, 0.05) is 0 Å². The normalized spacial score (nSPS) is 11.9. The van der Waals surface area contributed by atoms with Gasteiger partial charge in [0.25, 0.3) is 0 Å². The molecule has 0 heterocycles. The molecule has 0 spiro atoms. The third-order valence-electron chi connectivity index (χ3n) is 2.77. The third kappa shape index (κ3) is 3.19. The molecule has 1 heteroatoms. The third-order valence-corrected chi connectivity index (χ3v) is 2.77. The minimum atomic E-state index is -0.0712. The molecule has 0 N–H and O–H groups in total. The van der Waals surface area contributed by atoms with Gasteiger partial charge in [-0.3, -0.25) is 0 Å². The summed E-state index contributed by atoms with van der Waals surface area (Å²) in [5.74, 6) is -0.0712. The SMILES string of the molecule is CCC=C(CCC)c1ccc(CC)c(F)c1. The van der Waals surface area contributed by atoms with E-state index in [4.69, 9.17) is 0 Å². The van der Waals surface area contributed by atoms with E-state index in [1.54, 1.807) is 6.07 Å². The molecular formula is C15H21F. The van der Waals surface area contributed by atoms with Gasteiger partial charge in [-0.05, 0) is 42.0 Å². The smallest absolute Gasteiger partial charge is 0.126 e. The summed E-state index contributed by atoms with van der Waals surface area (Å²) in [6.07, 6.45) is 6.09. The highest BCUT2D eigenvalue weighted by Crippen LogP contribution is 2.23. The molecule has 0 amide bonds. The van der Waals surface area contributed by atoms with Crippen molar-refractivity contribution >= 4 is 5.57 Å². The number of benzene rings is 1. The maximum absolute atomic E-state index is 13.7. The molecule has 88 valence electrons. The standard InChI is InChI=1S/C15H21F/c1-4-7-13(8-5-2)14-10-9-12(6-3)15(16)11-14/h7,9-11H,4-6,8H2,1-3H3. The Labute approximate surface area is 98.2 Å². The predicted octanol–water partition coefficient (Wildman–Crippen LogP) is 4.98. The van der Waals surface area contributed by atoms with Crippen LogP contribution in [-0.4, -0.2) is 0 Å². The van der Waals surface area contributed by atoms with E-state index in [1.807, 2.05) is 19.1 Å². The van der Waals surface area contributed by atoms with Gasteiger partial charge < -0.3 is 0 Å². The van der Waals surface area contributed by atoms with E-state index >= 15 is 0 Å². The summed E-state index contributed by atoms with van der Waals surface area (Å²) in [7, 11) is 0. The zero-order valence-electron chi connectivity index (χ0n) is 10.5. The molecule has 0 aliphatic heterocycles. The van der Waals surface area contributed by atoms with Crippen molar-refractivity contribution < 1.29 is 4.39 Å². The van der Waals surface area contributed by atoms with Crippen molar-refractivity contribution in [2.75, 3.05) is 0 Å². The highest BCUT2D eigenvalue weighted by molar-refractivity contribution is 5.65. The maximum Gasteiger partial charge on any atom is 0.126 e. The Morgan fingerprint density at radius 3 is 2.50 bits per heavy atom. The minimum Gasteiger partial charge on any atom is -0.207 e. The first-order valence-corrected chi connectivity index (χ1v) is 6.20. The molecule has 0 atom stereocenters. The molecule has 0 unspecified atom stereocenters. The highest BCUT2D eigenvalue weighted by Gasteiger charge is 2.05. The molecule has 0 nitrogen and oxygen atoms in total. The second-order valence-corrected chi connectivity index (χ2v) is 4.05. The topological polar surface area (TPSA) is 0 Å². The lowest BCUT2D eigenvalue weighted by Gasteiger charge is -2.08. The average molecular weight is 220 g/mol. The summed E-state index contributed by atoms with van der Waals surface area (Å²) < 4.78 is 13.7. The molecule has 0 saturated carbocycles. The van der Waals surface area contributed by atoms with E-state index in [2.05, 4.69) is 19.9 Å². The van der Waals surface area contributed by atoms with Crippen LogP contribution in [0.25, 0.3) is 5.57 Å². The molecule has 0 fully saturated rings. The van der Waals surface area contributed by atoms with Gasteiger partial charge in [-0.2, -0.15) is 0 Å². The number of rotatable bonds is 5. The quantitative estimate of drug-likeness (QED) is 0.656. The van der Waals surface area contributed by atoms with Crippen molar-refractivity contribution in [1.29, 1.82) is 0 Å². The van der Waals surface area contributed by atoms with Crippen LogP contribution in [-0.2, 0) is 6.42 Å². The lowest BCUT2D eigenvalue weighted by atomic mass is 9.98. The van der Waals surface area contributed by atoms with Crippen LogP contribution in [0.3, 0.4) is 0 Å². The van der Waals surface area contributed by atoms with Crippen LogP contribution >= 0.6 is 0 Å². The fraction of sp³-hybridized carbons (Fsp3) is 0.467. The van der Waals surface area contributed by atoms with Crippen LogP contribution in [0.4, 0.5) is 4.39 Å². The molecule has 0 aliphatic rings. The van der Waals surface area contributed by atoms with Gasteiger partial charge in [-0.25, -0.2) is 4.39 Å². The molecule has 1 aromatic carbocycles. The predicted molar refractivity (Wildman–Crippen MR) is 69.0 cm³/mol. The summed E-state index contributed by atoms with van der Waals surface area (Å²) in [5, 5.41) is 0. The van der Waals surface area contributed by atoms with Gasteiger partial charge in [0.15, 0.2) is 0 Å². The average Bonchev–Trinajstić information content (AvgIpc) is 2.28. The molecule has 0 radical (unpaired) electrons. The summed E-state index contributed by atoms with van der Waals surface area (Å²) in [4.78, 5) is 0. The number of aryl methyl sites for hydroxylation is 1. The van der Waals surface area contributed by atoms with Crippen molar-refractivity contribution in [2.45, 2.75) is 46.5 Å². The van der Waals surface area contributed by atoms with Gasteiger partial charge in [0.2, 0.25) is 0 Å². The summed E-state index contributed by atoms with van der Waals surface area (Å²) in [6, 6.07) is 5.62. The number of hydrogen-bond acceptors (Lipinski definition) is 0. The number of halogens is 1. The van der Waals surface area contributed by atoms with Gasteiger partial charge in [-0.1, -0.05) is 45.4 Å². The van der Waals surface area contributed by atoms with Gasteiger partial charge >= 0.3 is 0 Å². The zero-order chi connectivity index (χ0) is 12.0. The summed E-state index contributed by atoms with van der Waals surface area (Å²) in [6.45, 7) is 6.25. The zero-order valence-corrected chi connectivity index (χ0v) is 10.5. The molecule has 1 rings (SSSR count). The molecular weight excluding hydrogens is 199 g/mol. The molecule has 0 bridgehead atoms. The van der Waals surface area contributed by atoms with Gasteiger partial charge in [0.05, 0.1) is 0 Å². The summed E-state index contributed by atoms with van der Waals surface area (Å²) in [5.41, 5.74) is 3.11. The Bertz CT molecular complexity index is 364. The highest BCUT2D eigenvalue weighted by atomic mass is 19.1. The van der Waals surface area contributed by atoms with E-state index in [0.717, 1.165) is 36.8 Å². The van der Waals surface area contributed by atoms with Crippen LogP contribution < -0.4 is 0 Å². The first kappa shape index (κ1) is 13.0. The van der Waals surface area contributed by atoms with E-state index in [0.29, 0.717) is 0 Å². The Hall–Kier alpha value is -1.11.